The lowest BCUT2D eigenvalue weighted by Crippen LogP contribution is -2.42. The number of piperidine rings is 1. The van der Waals surface area contributed by atoms with E-state index in [4.69, 9.17) is 0 Å². The van der Waals surface area contributed by atoms with E-state index in [0.29, 0.717) is 17.6 Å². The van der Waals surface area contributed by atoms with Crippen molar-refractivity contribution < 1.29 is 8.42 Å². The van der Waals surface area contributed by atoms with Gasteiger partial charge >= 0.3 is 0 Å². The lowest BCUT2D eigenvalue weighted by molar-refractivity contribution is 0.230. The molecular weight excluding hydrogens is 212 g/mol. The molecule has 2 fully saturated rings. The third kappa shape index (κ3) is 2.52. The quantitative estimate of drug-likeness (QED) is 0.743. The fourth-order valence-electron chi connectivity index (χ4n) is 2.46. The fourth-order valence-corrected chi connectivity index (χ4v) is 4.03. The molecule has 0 spiro atoms. The highest BCUT2D eigenvalue weighted by molar-refractivity contribution is 7.89. The number of hydrogen-bond donors (Lipinski definition) is 1. The summed E-state index contributed by atoms with van der Waals surface area (Å²) in [4.78, 5) is 0. The topological polar surface area (TPSA) is 49.4 Å². The highest BCUT2D eigenvalue weighted by atomic mass is 32.2. The molecule has 2 aliphatic rings. The van der Waals surface area contributed by atoms with Crippen molar-refractivity contribution in [2.45, 2.75) is 19.8 Å². The summed E-state index contributed by atoms with van der Waals surface area (Å²) in [5.74, 6) is 1.48. The molecule has 2 saturated heterocycles. The van der Waals surface area contributed by atoms with Crippen molar-refractivity contribution in [3.8, 4) is 0 Å². The van der Waals surface area contributed by atoms with Crippen LogP contribution in [-0.2, 0) is 10.0 Å². The summed E-state index contributed by atoms with van der Waals surface area (Å²) in [5, 5.41) is 3.35. The molecule has 0 aliphatic carbocycles. The minimum absolute atomic E-state index is 0.349. The number of nitrogens with one attached hydrogen (secondary N) is 1. The van der Waals surface area contributed by atoms with Crippen molar-refractivity contribution in [2.24, 2.45) is 11.8 Å². The first-order valence-electron chi connectivity index (χ1n) is 5.78. The predicted molar refractivity (Wildman–Crippen MR) is 60.1 cm³/mol. The highest BCUT2D eigenvalue weighted by Crippen LogP contribution is 2.23. The molecule has 2 heterocycles. The van der Waals surface area contributed by atoms with Gasteiger partial charge in [0.2, 0.25) is 10.0 Å². The molecule has 2 rings (SSSR count). The van der Waals surface area contributed by atoms with Crippen LogP contribution in [0.2, 0.25) is 0 Å². The van der Waals surface area contributed by atoms with Crippen LogP contribution in [-0.4, -0.2) is 44.7 Å². The molecule has 0 aromatic carbocycles. The van der Waals surface area contributed by atoms with Gasteiger partial charge in [-0.1, -0.05) is 6.92 Å². The van der Waals surface area contributed by atoms with Crippen LogP contribution in [0.25, 0.3) is 0 Å². The molecule has 88 valence electrons. The van der Waals surface area contributed by atoms with Crippen LogP contribution >= 0.6 is 0 Å². The number of sulfonamides is 1. The Hall–Kier alpha value is -0.130. The zero-order valence-corrected chi connectivity index (χ0v) is 10.1. The smallest absolute Gasteiger partial charge is 0.214 e. The van der Waals surface area contributed by atoms with E-state index in [9.17, 15) is 8.42 Å². The normalized spacial score (nSPS) is 36.9. The predicted octanol–water partition coefficient (Wildman–Crippen LogP) is 0.267. The largest absolute Gasteiger partial charge is 0.316 e. The third-order valence-corrected chi connectivity index (χ3v) is 5.55. The fraction of sp³-hybridized carbons (Fsp3) is 1.00. The van der Waals surface area contributed by atoms with Gasteiger partial charge in [-0.2, -0.15) is 0 Å². The van der Waals surface area contributed by atoms with Crippen molar-refractivity contribution in [1.82, 2.24) is 9.62 Å². The third-order valence-electron chi connectivity index (χ3n) is 3.63. The summed E-state index contributed by atoms with van der Waals surface area (Å²) < 4.78 is 25.0. The van der Waals surface area contributed by atoms with Crippen LogP contribution in [0, 0.1) is 11.8 Å². The molecule has 2 aliphatic heterocycles. The molecule has 2 unspecified atom stereocenters. The van der Waals surface area contributed by atoms with E-state index in [0.717, 1.165) is 32.6 Å². The SMILES string of the molecule is CC1CCNCC1CN1CCCS1(=O)=O. The Morgan fingerprint density at radius 3 is 2.87 bits per heavy atom. The van der Waals surface area contributed by atoms with Crippen LogP contribution < -0.4 is 5.32 Å². The summed E-state index contributed by atoms with van der Waals surface area (Å²) in [5.41, 5.74) is 0. The second-order valence-electron chi connectivity index (χ2n) is 4.76. The van der Waals surface area contributed by atoms with Crippen LogP contribution in [0.1, 0.15) is 19.8 Å². The van der Waals surface area contributed by atoms with Crippen LogP contribution in [0.4, 0.5) is 0 Å². The molecule has 0 aromatic rings. The van der Waals surface area contributed by atoms with Gasteiger partial charge in [-0.25, -0.2) is 12.7 Å². The summed E-state index contributed by atoms with van der Waals surface area (Å²) in [7, 11) is -2.90. The van der Waals surface area contributed by atoms with E-state index < -0.39 is 10.0 Å². The first-order valence-corrected chi connectivity index (χ1v) is 7.39. The van der Waals surface area contributed by atoms with Gasteiger partial charge in [0.05, 0.1) is 5.75 Å². The van der Waals surface area contributed by atoms with Gasteiger partial charge in [-0.15, -0.1) is 0 Å². The van der Waals surface area contributed by atoms with Crippen molar-refractivity contribution in [1.29, 1.82) is 0 Å². The first-order chi connectivity index (χ1) is 7.09. The van der Waals surface area contributed by atoms with Gasteiger partial charge in [0.15, 0.2) is 0 Å². The Morgan fingerprint density at radius 1 is 1.47 bits per heavy atom. The summed E-state index contributed by atoms with van der Waals surface area (Å²) in [6.45, 7) is 5.72. The lowest BCUT2D eigenvalue weighted by atomic mass is 9.88. The van der Waals surface area contributed by atoms with Crippen molar-refractivity contribution in [3.05, 3.63) is 0 Å². The molecular formula is C10H20N2O2S. The van der Waals surface area contributed by atoms with Crippen molar-refractivity contribution >= 4 is 10.0 Å². The maximum Gasteiger partial charge on any atom is 0.214 e. The van der Waals surface area contributed by atoms with Crippen molar-refractivity contribution in [2.75, 3.05) is 31.9 Å². The molecule has 0 aromatic heterocycles. The Bertz CT molecular complexity index is 315. The molecule has 1 N–H and O–H groups in total. The molecule has 4 nitrogen and oxygen atoms in total. The summed E-state index contributed by atoms with van der Waals surface area (Å²) in [6, 6.07) is 0. The van der Waals surface area contributed by atoms with Gasteiger partial charge in [-0.05, 0) is 37.8 Å². The standard InChI is InChI=1S/C10H20N2O2S/c1-9-3-4-11-7-10(9)8-12-5-2-6-15(12,13)14/h9-11H,2-8H2,1H3. The van der Waals surface area contributed by atoms with Gasteiger partial charge in [0, 0.05) is 13.1 Å². The minimum Gasteiger partial charge on any atom is -0.316 e. The maximum absolute atomic E-state index is 11.6. The number of nitrogens with zero attached hydrogens (tertiary/aromatic N) is 1. The Morgan fingerprint density at radius 2 is 2.27 bits per heavy atom. The molecule has 0 radical (unpaired) electrons. The second kappa shape index (κ2) is 4.39. The van der Waals surface area contributed by atoms with E-state index in [1.165, 1.54) is 6.42 Å². The average Bonchev–Trinajstić information content (AvgIpc) is 2.50. The van der Waals surface area contributed by atoms with Crippen LogP contribution in [0.15, 0.2) is 0 Å². The number of hydrogen-bond acceptors (Lipinski definition) is 3. The average molecular weight is 232 g/mol. The monoisotopic (exact) mass is 232 g/mol. The minimum atomic E-state index is -2.90. The Balaban J connectivity index is 1.96. The van der Waals surface area contributed by atoms with E-state index in [-0.39, 0.29) is 0 Å². The van der Waals surface area contributed by atoms with E-state index in [2.05, 4.69) is 12.2 Å². The molecule has 2 atom stereocenters. The molecule has 15 heavy (non-hydrogen) atoms. The molecule has 0 saturated carbocycles. The summed E-state index contributed by atoms with van der Waals surface area (Å²) in [6.07, 6.45) is 1.97. The van der Waals surface area contributed by atoms with E-state index >= 15 is 0 Å². The van der Waals surface area contributed by atoms with Crippen LogP contribution in [0.5, 0.6) is 0 Å². The number of rotatable bonds is 2. The molecule has 0 bridgehead atoms. The Labute approximate surface area is 92.1 Å². The van der Waals surface area contributed by atoms with Gasteiger partial charge < -0.3 is 5.32 Å². The molecule has 0 amide bonds. The van der Waals surface area contributed by atoms with Gasteiger partial charge in [0.1, 0.15) is 0 Å². The second-order valence-corrected chi connectivity index (χ2v) is 6.85. The van der Waals surface area contributed by atoms with E-state index in [1.807, 2.05) is 0 Å². The lowest BCUT2D eigenvalue weighted by Gasteiger charge is -2.32. The zero-order chi connectivity index (χ0) is 10.9. The molecule has 5 heteroatoms. The summed E-state index contributed by atoms with van der Waals surface area (Å²) >= 11 is 0. The Kier molecular flexibility index (Phi) is 3.33. The zero-order valence-electron chi connectivity index (χ0n) is 9.28. The highest BCUT2D eigenvalue weighted by Gasteiger charge is 2.32. The maximum atomic E-state index is 11.6. The first kappa shape index (κ1) is 11.4. The van der Waals surface area contributed by atoms with Gasteiger partial charge in [-0.3, -0.25) is 0 Å². The van der Waals surface area contributed by atoms with Crippen molar-refractivity contribution in [3.63, 3.8) is 0 Å². The van der Waals surface area contributed by atoms with Crippen LogP contribution in [0.3, 0.4) is 0 Å². The van der Waals surface area contributed by atoms with E-state index in [1.54, 1.807) is 4.31 Å². The van der Waals surface area contributed by atoms with Gasteiger partial charge in [0.25, 0.3) is 0 Å².